The van der Waals surface area contributed by atoms with Crippen molar-refractivity contribution >= 4 is 28.0 Å². The molecule has 1 aliphatic carbocycles. The van der Waals surface area contributed by atoms with Gasteiger partial charge in [-0.3, -0.25) is 4.99 Å². The minimum Gasteiger partial charge on any atom is -0.480 e. The number of rotatable bonds is 10. The molecule has 3 aromatic carbocycles. The van der Waals surface area contributed by atoms with Crippen LogP contribution in [0.15, 0.2) is 70.6 Å². The van der Waals surface area contributed by atoms with Gasteiger partial charge >= 0.3 is 12.1 Å². The van der Waals surface area contributed by atoms with Crippen molar-refractivity contribution in [1.82, 2.24) is 10.0 Å². The van der Waals surface area contributed by atoms with E-state index < -0.39 is 28.1 Å². The van der Waals surface area contributed by atoms with E-state index in [9.17, 15) is 23.1 Å². The lowest BCUT2D eigenvalue weighted by Gasteiger charge is -2.17. The largest absolute Gasteiger partial charge is 0.480 e. The summed E-state index contributed by atoms with van der Waals surface area (Å²) in [5.41, 5.74) is 12.2. The number of alkyl carbamates (subject to hydrolysis) is 1. The number of fused-ring (bicyclic) bond motifs is 3. The van der Waals surface area contributed by atoms with Crippen LogP contribution < -0.4 is 15.8 Å². The van der Waals surface area contributed by atoms with E-state index in [1.54, 1.807) is 26.0 Å². The molecule has 11 heteroatoms. The average Bonchev–Trinajstić information content (AvgIpc) is 3.21. The van der Waals surface area contributed by atoms with Gasteiger partial charge in [-0.25, -0.2) is 22.7 Å². The van der Waals surface area contributed by atoms with Gasteiger partial charge in [0.05, 0.1) is 4.90 Å². The number of aliphatic carboxylic acids is 1. The third kappa shape index (κ3) is 6.86. The Kier molecular flexibility index (Phi) is 8.97. The first-order valence-electron chi connectivity index (χ1n) is 13.2. The number of carboxylic acid groups (broad SMARTS) is 1. The van der Waals surface area contributed by atoms with Gasteiger partial charge in [-0.05, 0) is 67.0 Å². The van der Waals surface area contributed by atoms with Gasteiger partial charge in [0.2, 0.25) is 5.96 Å². The fourth-order valence-corrected chi connectivity index (χ4v) is 6.75. The van der Waals surface area contributed by atoms with Crippen LogP contribution in [0.4, 0.5) is 4.79 Å². The summed E-state index contributed by atoms with van der Waals surface area (Å²) in [5.74, 6) is -1.67. The first kappa shape index (κ1) is 29.6. The molecule has 0 spiro atoms. The van der Waals surface area contributed by atoms with Crippen molar-refractivity contribution in [2.75, 3.05) is 13.2 Å². The monoisotopic (exact) mass is 578 g/mol. The fraction of sp³-hybridized carbons (Fsp3) is 0.300. The maximum atomic E-state index is 12.8. The lowest BCUT2D eigenvalue weighted by molar-refractivity contribution is -0.139. The molecule has 216 valence electrons. The number of sulfonamides is 1. The number of hydrogen-bond acceptors (Lipinski definition) is 6. The van der Waals surface area contributed by atoms with E-state index in [0.717, 1.165) is 27.8 Å². The Balaban J connectivity index is 1.29. The maximum Gasteiger partial charge on any atom is 0.407 e. The Morgan fingerprint density at radius 1 is 1.00 bits per heavy atom. The molecule has 4 rings (SSSR count). The highest BCUT2D eigenvalue weighted by atomic mass is 32.2. The number of nitrogens with zero attached hydrogens (tertiary/aromatic N) is 1. The lowest BCUT2D eigenvalue weighted by atomic mass is 9.98. The van der Waals surface area contributed by atoms with Gasteiger partial charge in [0, 0.05) is 12.5 Å². The summed E-state index contributed by atoms with van der Waals surface area (Å²) in [6, 6.07) is 18.2. The molecular weight excluding hydrogens is 544 g/mol. The number of hydrogen-bond donors (Lipinski definition) is 4. The van der Waals surface area contributed by atoms with Crippen molar-refractivity contribution in [2.45, 2.75) is 50.5 Å². The first-order valence-corrected chi connectivity index (χ1v) is 14.7. The van der Waals surface area contributed by atoms with Gasteiger partial charge in [0.15, 0.2) is 0 Å². The molecule has 0 radical (unpaired) electrons. The van der Waals surface area contributed by atoms with Crippen LogP contribution >= 0.6 is 0 Å². The number of aliphatic imine (C=N–C) groups is 1. The minimum atomic E-state index is -3.94. The minimum absolute atomic E-state index is 0.0409. The summed E-state index contributed by atoms with van der Waals surface area (Å²) in [5, 5.41) is 12.0. The highest BCUT2D eigenvalue weighted by Crippen LogP contribution is 2.44. The Morgan fingerprint density at radius 3 is 2.12 bits per heavy atom. The van der Waals surface area contributed by atoms with E-state index in [1.807, 2.05) is 55.5 Å². The number of ether oxygens (including phenoxy) is 1. The van der Waals surface area contributed by atoms with Crippen LogP contribution in [0.25, 0.3) is 11.1 Å². The van der Waals surface area contributed by atoms with Gasteiger partial charge in [0.25, 0.3) is 10.0 Å². The number of carboxylic acids is 1. The van der Waals surface area contributed by atoms with Crippen molar-refractivity contribution in [2.24, 2.45) is 10.7 Å². The molecule has 0 saturated carbocycles. The predicted octanol–water partition coefficient (Wildman–Crippen LogP) is 3.98. The number of carbonyl (C=O) groups is 2. The van der Waals surface area contributed by atoms with Crippen LogP contribution in [0.3, 0.4) is 0 Å². The summed E-state index contributed by atoms with van der Waals surface area (Å²) in [4.78, 5) is 28.4. The third-order valence-corrected chi connectivity index (χ3v) is 8.64. The molecule has 1 amide bonds. The van der Waals surface area contributed by atoms with Crippen LogP contribution in [0.2, 0.25) is 0 Å². The lowest BCUT2D eigenvalue weighted by Crippen LogP contribution is -2.41. The molecule has 3 aromatic rings. The quantitative estimate of drug-likeness (QED) is 0.161. The van der Waals surface area contributed by atoms with Crippen molar-refractivity contribution in [3.63, 3.8) is 0 Å². The number of amides is 1. The van der Waals surface area contributed by atoms with Crippen molar-refractivity contribution in [3.8, 4) is 11.1 Å². The molecule has 5 N–H and O–H groups in total. The van der Waals surface area contributed by atoms with Crippen LogP contribution in [0, 0.1) is 20.8 Å². The standard InChI is InChI=1S/C30H34N4O6S/c1-18-15-19(2)27(20(3)16-18)41(38,39)34-29(31)32-14-8-13-26(28(35)36)33-30(37)40-17-25-23-11-6-4-9-21(23)22-10-5-7-12-24(22)25/h4-7,9-12,15-16,25-26H,8,13-14,17H2,1-3H3,(H,33,37)(H,35,36)(H3,31,32,34)/t26-/m0/s1. The van der Waals surface area contributed by atoms with Crippen molar-refractivity contribution in [3.05, 3.63) is 88.5 Å². The summed E-state index contributed by atoms with van der Waals surface area (Å²) < 4.78 is 33.4. The number of guanidine groups is 1. The SMILES string of the molecule is Cc1cc(C)c(S(=O)(=O)NC(N)=NCCC[C@H](NC(=O)OCC2c3ccccc3-c3ccccc32)C(=O)O)c(C)c1. The van der Waals surface area contributed by atoms with Gasteiger partial charge in [-0.2, -0.15) is 0 Å². The smallest absolute Gasteiger partial charge is 0.407 e. The summed E-state index contributed by atoms with van der Waals surface area (Å²) in [7, 11) is -3.94. The second-order valence-electron chi connectivity index (χ2n) is 10.1. The number of aryl methyl sites for hydroxylation is 3. The first-order chi connectivity index (χ1) is 19.5. The maximum absolute atomic E-state index is 12.8. The van der Waals surface area contributed by atoms with E-state index in [1.165, 1.54) is 0 Å². The van der Waals surface area contributed by atoms with Gasteiger partial charge in [-0.1, -0.05) is 66.2 Å². The molecule has 0 saturated heterocycles. The fourth-order valence-electron chi connectivity index (χ4n) is 5.35. The highest BCUT2D eigenvalue weighted by Gasteiger charge is 2.29. The molecule has 1 aliphatic rings. The molecule has 0 bridgehead atoms. The molecule has 41 heavy (non-hydrogen) atoms. The van der Waals surface area contributed by atoms with Crippen LogP contribution in [-0.4, -0.2) is 50.7 Å². The van der Waals surface area contributed by atoms with E-state index in [-0.39, 0.29) is 42.8 Å². The Hall–Kier alpha value is -4.38. The Bertz CT molecular complexity index is 1530. The Labute approximate surface area is 239 Å². The average molecular weight is 579 g/mol. The topological polar surface area (TPSA) is 160 Å². The zero-order chi connectivity index (χ0) is 29.7. The molecule has 1 atom stereocenters. The summed E-state index contributed by atoms with van der Waals surface area (Å²) in [6.45, 7) is 5.41. The predicted molar refractivity (Wildman–Crippen MR) is 156 cm³/mol. The van der Waals surface area contributed by atoms with Crippen molar-refractivity contribution < 1.29 is 27.9 Å². The van der Waals surface area contributed by atoms with Gasteiger partial charge in [0.1, 0.15) is 12.6 Å². The molecule has 0 unspecified atom stereocenters. The molecular formula is C30H34N4O6S. The van der Waals surface area contributed by atoms with Crippen LogP contribution in [0.1, 0.15) is 46.6 Å². The van der Waals surface area contributed by atoms with Crippen molar-refractivity contribution in [1.29, 1.82) is 0 Å². The number of carbonyl (C=O) groups excluding carboxylic acids is 1. The Morgan fingerprint density at radius 2 is 1.56 bits per heavy atom. The van der Waals surface area contributed by atoms with Gasteiger partial charge < -0.3 is 20.9 Å². The van der Waals surface area contributed by atoms with E-state index >= 15 is 0 Å². The second-order valence-corrected chi connectivity index (χ2v) is 11.7. The highest BCUT2D eigenvalue weighted by molar-refractivity contribution is 7.90. The third-order valence-electron chi connectivity index (χ3n) is 6.98. The molecule has 0 heterocycles. The number of benzene rings is 3. The molecule has 0 fully saturated rings. The summed E-state index contributed by atoms with van der Waals surface area (Å²) >= 11 is 0. The normalized spacial score (nSPS) is 13.7. The van der Waals surface area contributed by atoms with E-state index in [4.69, 9.17) is 10.5 Å². The number of nitrogens with one attached hydrogen (secondary N) is 2. The van der Waals surface area contributed by atoms with Crippen LogP contribution in [0.5, 0.6) is 0 Å². The van der Waals surface area contributed by atoms with E-state index in [0.29, 0.717) is 11.1 Å². The second kappa shape index (κ2) is 12.4. The summed E-state index contributed by atoms with van der Waals surface area (Å²) in [6.07, 6.45) is -0.566. The molecule has 0 aliphatic heterocycles. The van der Waals surface area contributed by atoms with Gasteiger partial charge in [-0.15, -0.1) is 0 Å². The van der Waals surface area contributed by atoms with E-state index in [2.05, 4.69) is 15.0 Å². The zero-order valence-corrected chi connectivity index (χ0v) is 24.0. The number of nitrogens with two attached hydrogens (primary N) is 1. The zero-order valence-electron chi connectivity index (χ0n) is 23.2. The molecule has 0 aromatic heterocycles. The van der Waals surface area contributed by atoms with Crippen LogP contribution in [-0.2, 0) is 19.6 Å². The molecule has 10 nitrogen and oxygen atoms in total.